The number of alkyl halides is 3. The summed E-state index contributed by atoms with van der Waals surface area (Å²) in [7, 11) is -3.93. The van der Waals surface area contributed by atoms with Gasteiger partial charge in [0.25, 0.3) is 0 Å². The standard InChI is InChI=1S/C16H23F3N4O2S/c17-16(18,19)7-10-26(24,25)22-13-5-8-23(9-6-13)15-11-12-3-1-2-4-14(12)20-21-15/h11,13,22H,1-10H2. The first kappa shape index (κ1) is 19.3. The Balaban J connectivity index is 1.53. The average Bonchev–Trinajstić information content (AvgIpc) is 2.60. The van der Waals surface area contributed by atoms with Gasteiger partial charge in [-0.15, -0.1) is 5.10 Å². The third-order valence-electron chi connectivity index (χ3n) is 4.88. The molecule has 0 saturated carbocycles. The van der Waals surface area contributed by atoms with Gasteiger partial charge in [0.2, 0.25) is 10.0 Å². The fourth-order valence-corrected chi connectivity index (χ4v) is 4.78. The van der Waals surface area contributed by atoms with Crippen LogP contribution < -0.4 is 9.62 Å². The Labute approximate surface area is 151 Å². The molecule has 1 aromatic rings. The van der Waals surface area contributed by atoms with E-state index in [1.54, 1.807) is 0 Å². The zero-order valence-electron chi connectivity index (χ0n) is 14.4. The van der Waals surface area contributed by atoms with Gasteiger partial charge in [0.05, 0.1) is 17.9 Å². The largest absolute Gasteiger partial charge is 0.390 e. The van der Waals surface area contributed by atoms with Crippen LogP contribution in [-0.4, -0.2) is 49.7 Å². The maximum atomic E-state index is 12.2. The Kier molecular flexibility index (Phi) is 5.71. The molecule has 10 heteroatoms. The van der Waals surface area contributed by atoms with Gasteiger partial charge in [-0.3, -0.25) is 0 Å². The fraction of sp³-hybridized carbons (Fsp3) is 0.750. The van der Waals surface area contributed by atoms with E-state index in [-0.39, 0.29) is 6.04 Å². The van der Waals surface area contributed by atoms with Gasteiger partial charge in [-0.2, -0.15) is 18.3 Å². The number of halogens is 3. The van der Waals surface area contributed by atoms with Gasteiger partial charge < -0.3 is 4.90 Å². The van der Waals surface area contributed by atoms with Crippen molar-refractivity contribution in [1.29, 1.82) is 0 Å². The van der Waals surface area contributed by atoms with Crippen LogP contribution in [-0.2, 0) is 22.9 Å². The van der Waals surface area contributed by atoms with E-state index >= 15 is 0 Å². The van der Waals surface area contributed by atoms with Gasteiger partial charge in [-0.05, 0) is 50.2 Å². The Morgan fingerprint density at radius 1 is 1.15 bits per heavy atom. The van der Waals surface area contributed by atoms with Crippen molar-refractivity contribution in [3.63, 3.8) is 0 Å². The lowest BCUT2D eigenvalue weighted by molar-refractivity contribution is -0.130. The first-order valence-electron chi connectivity index (χ1n) is 8.89. The second-order valence-corrected chi connectivity index (χ2v) is 8.82. The van der Waals surface area contributed by atoms with E-state index in [2.05, 4.69) is 25.9 Å². The lowest BCUT2D eigenvalue weighted by atomic mass is 9.96. The predicted octanol–water partition coefficient (Wildman–Crippen LogP) is 2.20. The summed E-state index contributed by atoms with van der Waals surface area (Å²) in [5, 5.41) is 8.59. The van der Waals surface area contributed by atoms with E-state index in [0.29, 0.717) is 25.9 Å². The number of rotatable bonds is 5. The number of hydrogen-bond donors (Lipinski definition) is 1. The Morgan fingerprint density at radius 2 is 1.85 bits per heavy atom. The molecule has 0 amide bonds. The minimum atomic E-state index is -4.47. The molecule has 1 saturated heterocycles. The predicted molar refractivity (Wildman–Crippen MR) is 91.5 cm³/mol. The Morgan fingerprint density at radius 3 is 2.54 bits per heavy atom. The maximum Gasteiger partial charge on any atom is 0.390 e. The van der Waals surface area contributed by atoms with E-state index in [1.807, 2.05) is 0 Å². The molecule has 1 N–H and O–H groups in total. The van der Waals surface area contributed by atoms with E-state index in [1.165, 1.54) is 5.56 Å². The lowest BCUT2D eigenvalue weighted by Crippen LogP contribution is -2.45. The number of anilines is 1. The minimum absolute atomic E-state index is 0.338. The molecule has 146 valence electrons. The van der Waals surface area contributed by atoms with Crippen LogP contribution in [0.1, 0.15) is 43.4 Å². The highest BCUT2D eigenvalue weighted by Gasteiger charge is 2.31. The summed E-state index contributed by atoms with van der Waals surface area (Å²) < 4.78 is 62.7. The number of fused-ring (bicyclic) bond motifs is 1. The summed E-state index contributed by atoms with van der Waals surface area (Å²) in [6, 6.07) is 1.73. The summed E-state index contributed by atoms with van der Waals surface area (Å²) in [6.45, 7) is 1.19. The molecule has 0 spiro atoms. The first-order valence-corrected chi connectivity index (χ1v) is 10.5. The minimum Gasteiger partial charge on any atom is -0.355 e. The third kappa shape index (κ3) is 5.29. The van der Waals surface area contributed by atoms with Crippen LogP contribution in [0.25, 0.3) is 0 Å². The van der Waals surface area contributed by atoms with Gasteiger partial charge in [-0.1, -0.05) is 0 Å². The first-order chi connectivity index (χ1) is 12.2. The van der Waals surface area contributed by atoms with Crippen molar-refractivity contribution in [2.24, 2.45) is 0 Å². The number of hydrogen-bond acceptors (Lipinski definition) is 5. The zero-order valence-corrected chi connectivity index (χ0v) is 15.2. The second kappa shape index (κ2) is 7.67. The topological polar surface area (TPSA) is 75.2 Å². The summed E-state index contributed by atoms with van der Waals surface area (Å²) in [4.78, 5) is 2.06. The molecule has 26 heavy (non-hydrogen) atoms. The average molecular weight is 392 g/mol. The molecule has 0 aromatic carbocycles. The maximum absolute atomic E-state index is 12.2. The summed E-state index contributed by atoms with van der Waals surface area (Å²) in [6.07, 6.45) is -0.471. The van der Waals surface area contributed by atoms with Crippen molar-refractivity contribution in [2.45, 2.75) is 57.2 Å². The van der Waals surface area contributed by atoms with E-state index in [9.17, 15) is 21.6 Å². The molecule has 2 heterocycles. The SMILES string of the molecule is O=S(=O)(CCC(F)(F)F)NC1CCN(c2cc3c(nn2)CCCC3)CC1. The fourth-order valence-electron chi connectivity index (χ4n) is 3.42. The normalized spacial score (nSPS) is 19.4. The number of nitrogens with zero attached hydrogens (tertiary/aromatic N) is 3. The van der Waals surface area contributed by atoms with Gasteiger partial charge in [0.15, 0.2) is 5.82 Å². The molecule has 1 aliphatic heterocycles. The molecular formula is C16H23F3N4O2S. The van der Waals surface area contributed by atoms with Gasteiger partial charge in [0.1, 0.15) is 0 Å². The third-order valence-corrected chi connectivity index (χ3v) is 6.31. The van der Waals surface area contributed by atoms with Gasteiger partial charge >= 0.3 is 6.18 Å². The van der Waals surface area contributed by atoms with Crippen molar-refractivity contribution in [2.75, 3.05) is 23.7 Å². The highest BCUT2D eigenvalue weighted by atomic mass is 32.2. The molecule has 1 aliphatic carbocycles. The Hall–Kier alpha value is -1.42. The zero-order chi connectivity index (χ0) is 18.8. The summed E-state index contributed by atoms with van der Waals surface area (Å²) in [5.41, 5.74) is 2.29. The van der Waals surface area contributed by atoms with Crippen molar-refractivity contribution >= 4 is 15.8 Å². The number of piperidine rings is 1. The number of nitrogens with one attached hydrogen (secondary N) is 1. The van der Waals surface area contributed by atoms with Crippen LogP contribution in [0.4, 0.5) is 19.0 Å². The Bertz CT molecular complexity index is 732. The van der Waals surface area contributed by atoms with E-state index in [0.717, 1.165) is 37.2 Å². The molecule has 1 fully saturated rings. The number of sulfonamides is 1. The molecule has 3 rings (SSSR count). The van der Waals surface area contributed by atoms with Crippen LogP contribution in [0.3, 0.4) is 0 Å². The van der Waals surface area contributed by atoms with Crippen LogP contribution >= 0.6 is 0 Å². The molecule has 2 aliphatic rings. The highest BCUT2D eigenvalue weighted by molar-refractivity contribution is 7.89. The molecule has 1 aromatic heterocycles. The van der Waals surface area contributed by atoms with Crippen molar-refractivity contribution in [3.8, 4) is 0 Å². The lowest BCUT2D eigenvalue weighted by Gasteiger charge is -2.33. The monoisotopic (exact) mass is 392 g/mol. The number of aromatic nitrogens is 2. The van der Waals surface area contributed by atoms with Crippen LogP contribution in [0.15, 0.2) is 6.07 Å². The van der Waals surface area contributed by atoms with E-state index < -0.39 is 28.4 Å². The summed E-state index contributed by atoms with van der Waals surface area (Å²) in [5.74, 6) is -0.128. The highest BCUT2D eigenvalue weighted by Crippen LogP contribution is 2.25. The molecule has 0 bridgehead atoms. The molecule has 0 unspecified atom stereocenters. The molecule has 6 nitrogen and oxygen atoms in total. The molecular weight excluding hydrogens is 369 g/mol. The van der Waals surface area contributed by atoms with Crippen LogP contribution in [0.5, 0.6) is 0 Å². The van der Waals surface area contributed by atoms with Gasteiger partial charge in [0, 0.05) is 19.1 Å². The smallest absolute Gasteiger partial charge is 0.355 e. The van der Waals surface area contributed by atoms with Crippen LogP contribution in [0, 0.1) is 0 Å². The van der Waals surface area contributed by atoms with Crippen molar-refractivity contribution in [3.05, 3.63) is 17.3 Å². The molecule has 0 atom stereocenters. The summed E-state index contributed by atoms with van der Waals surface area (Å²) >= 11 is 0. The van der Waals surface area contributed by atoms with Crippen molar-refractivity contribution in [1.82, 2.24) is 14.9 Å². The van der Waals surface area contributed by atoms with Crippen LogP contribution in [0.2, 0.25) is 0 Å². The molecule has 0 radical (unpaired) electrons. The van der Waals surface area contributed by atoms with E-state index in [4.69, 9.17) is 0 Å². The number of aryl methyl sites for hydroxylation is 2. The second-order valence-electron chi connectivity index (χ2n) is 6.94. The quantitative estimate of drug-likeness (QED) is 0.832. The van der Waals surface area contributed by atoms with Gasteiger partial charge in [-0.25, -0.2) is 13.1 Å². The van der Waals surface area contributed by atoms with Crippen molar-refractivity contribution < 1.29 is 21.6 Å².